The number of H-pyrrole nitrogens is 1. The third-order valence-corrected chi connectivity index (χ3v) is 4.94. The number of halogens is 1. The number of aromatic nitrogens is 3. The Bertz CT molecular complexity index is 1040. The standard InChI is InChI=1S/C19H16ClN5OS/c20-15-6-8-16(9-7-15)24-12-14(10-17(24)26)18-22-23-19(27)25(18)21-11-13-4-2-1-3-5-13/h1-9,11,14H,10,12H2,(H,23,27)/b21-11+. The Hall–Kier alpha value is -2.77. The van der Waals surface area contributed by atoms with Gasteiger partial charge in [0.15, 0.2) is 5.82 Å². The number of benzene rings is 2. The van der Waals surface area contributed by atoms with Gasteiger partial charge in [-0.1, -0.05) is 41.9 Å². The summed E-state index contributed by atoms with van der Waals surface area (Å²) in [4.78, 5) is 14.3. The van der Waals surface area contributed by atoms with Gasteiger partial charge in [0.05, 0.1) is 6.21 Å². The molecule has 3 aromatic rings. The van der Waals surface area contributed by atoms with Gasteiger partial charge in [0.1, 0.15) is 0 Å². The fourth-order valence-electron chi connectivity index (χ4n) is 3.09. The lowest BCUT2D eigenvalue weighted by Crippen LogP contribution is -2.24. The molecule has 0 bridgehead atoms. The average Bonchev–Trinajstić information content (AvgIpc) is 3.24. The van der Waals surface area contributed by atoms with Crippen molar-refractivity contribution in [1.29, 1.82) is 0 Å². The van der Waals surface area contributed by atoms with Crippen LogP contribution < -0.4 is 4.90 Å². The summed E-state index contributed by atoms with van der Waals surface area (Å²) in [7, 11) is 0. The minimum atomic E-state index is -0.103. The fourth-order valence-corrected chi connectivity index (χ4v) is 3.41. The van der Waals surface area contributed by atoms with Crippen LogP contribution in [0.2, 0.25) is 5.02 Å². The van der Waals surface area contributed by atoms with Crippen LogP contribution in [0.15, 0.2) is 59.7 Å². The van der Waals surface area contributed by atoms with Gasteiger partial charge in [-0.15, -0.1) is 0 Å². The van der Waals surface area contributed by atoms with Crippen LogP contribution in [0.3, 0.4) is 0 Å². The molecule has 1 aliphatic heterocycles. The van der Waals surface area contributed by atoms with E-state index in [4.69, 9.17) is 23.8 Å². The SMILES string of the molecule is O=C1CC(c2n[nH]c(=S)n2/N=C/c2ccccc2)CN1c1ccc(Cl)cc1. The third-order valence-electron chi connectivity index (χ3n) is 4.43. The molecule has 1 atom stereocenters. The third kappa shape index (κ3) is 3.70. The second-order valence-electron chi connectivity index (χ2n) is 6.24. The van der Waals surface area contributed by atoms with Crippen LogP contribution in [-0.4, -0.2) is 33.5 Å². The molecule has 0 saturated carbocycles. The topological polar surface area (TPSA) is 66.3 Å². The monoisotopic (exact) mass is 397 g/mol. The van der Waals surface area contributed by atoms with Gasteiger partial charge in [0, 0.05) is 29.6 Å². The van der Waals surface area contributed by atoms with Crippen molar-refractivity contribution < 1.29 is 4.79 Å². The molecule has 0 aliphatic carbocycles. The molecule has 1 aromatic heterocycles. The van der Waals surface area contributed by atoms with Crippen molar-refractivity contribution in [3.05, 3.63) is 75.8 Å². The number of nitrogens with one attached hydrogen (secondary N) is 1. The number of anilines is 1. The van der Waals surface area contributed by atoms with Crippen molar-refractivity contribution in [3.63, 3.8) is 0 Å². The molecule has 136 valence electrons. The normalized spacial score (nSPS) is 17.1. The van der Waals surface area contributed by atoms with E-state index in [0.717, 1.165) is 11.3 Å². The smallest absolute Gasteiger partial charge is 0.227 e. The Morgan fingerprint density at radius 3 is 2.67 bits per heavy atom. The van der Waals surface area contributed by atoms with E-state index in [0.29, 0.717) is 28.6 Å². The summed E-state index contributed by atoms with van der Waals surface area (Å²) in [5.41, 5.74) is 1.78. The number of carbonyl (C=O) groups is 1. The second-order valence-corrected chi connectivity index (χ2v) is 7.06. The van der Waals surface area contributed by atoms with Crippen LogP contribution >= 0.6 is 23.8 Å². The second kappa shape index (κ2) is 7.46. The molecule has 6 nitrogen and oxygen atoms in total. The lowest BCUT2D eigenvalue weighted by Gasteiger charge is -2.16. The number of carbonyl (C=O) groups excluding carboxylic acids is 1. The van der Waals surface area contributed by atoms with Crippen LogP contribution in [-0.2, 0) is 4.79 Å². The van der Waals surface area contributed by atoms with Crippen LogP contribution in [0.25, 0.3) is 0 Å². The molecule has 2 heterocycles. The zero-order valence-electron chi connectivity index (χ0n) is 14.2. The Morgan fingerprint density at radius 2 is 1.93 bits per heavy atom. The molecular formula is C19H16ClN5OS. The summed E-state index contributed by atoms with van der Waals surface area (Å²) in [6.45, 7) is 0.515. The molecule has 2 aromatic carbocycles. The van der Waals surface area contributed by atoms with Gasteiger partial charge in [-0.3, -0.25) is 9.89 Å². The first-order valence-corrected chi connectivity index (χ1v) is 9.23. The predicted octanol–water partition coefficient (Wildman–Crippen LogP) is 4.00. The van der Waals surface area contributed by atoms with E-state index < -0.39 is 0 Å². The van der Waals surface area contributed by atoms with Crippen molar-refractivity contribution in [1.82, 2.24) is 14.9 Å². The minimum Gasteiger partial charge on any atom is -0.312 e. The van der Waals surface area contributed by atoms with E-state index >= 15 is 0 Å². The highest BCUT2D eigenvalue weighted by molar-refractivity contribution is 7.71. The van der Waals surface area contributed by atoms with Crippen molar-refractivity contribution in [2.75, 3.05) is 11.4 Å². The molecule has 0 radical (unpaired) electrons. The Labute approximate surface area is 166 Å². The van der Waals surface area contributed by atoms with E-state index in [1.807, 2.05) is 42.5 Å². The van der Waals surface area contributed by atoms with Crippen molar-refractivity contribution >= 4 is 41.6 Å². The largest absolute Gasteiger partial charge is 0.312 e. The van der Waals surface area contributed by atoms with E-state index in [2.05, 4.69) is 15.3 Å². The average molecular weight is 398 g/mol. The number of rotatable bonds is 4. The Kier molecular flexibility index (Phi) is 4.87. The predicted molar refractivity (Wildman–Crippen MR) is 108 cm³/mol. The number of hydrogen-bond donors (Lipinski definition) is 1. The first-order valence-electron chi connectivity index (χ1n) is 8.44. The van der Waals surface area contributed by atoms with Gasteiger partial charge in [0.25, 0.3) is 0 Å². The molecule has 1 aliphatic rings. The van der Waals surface area contributed by atoms with Gasteiger partial charge < -0.3 is 4.90 Å². The van der Waals surface area contributed by atoms with Gasteiger partial charge in [-0.2, -0.15) is 14.9 Å². The molecule has 1 N–H and O–H groups in total. The van der Waals surface area contributed by atoms with E-state index in [1.54, 1.807) is 27.9 Å². The first kappa shape index (κ1) is 17.6. The highest BCUT2D eigenvalue weighted by Gasteiger charge is 2.34. The number of amides is 1. The van der Waals surface area contributed by atoms with Crippen LogP contribution in [0.5, 0.6) is 0 Å². The maximum atomic E-state index is 12.5. The maximum Gasteiger partial charge on any atom is 0.227 e. The summed E-state index contributed by atoms with van der Waals surface area (Å²) in [5.74, 6) is 0.584. The van der Waals surface area contributed by atoms with Gasteiger partial charge in [-0.05, 0) is 42.0 Å². The van der Waals surface area contributed by atoms with Crippen molar-refractivity contribution in [2.24, 2.45) is 5.10 Å². The van der Waals surface area contributed by atoms with Crippen molar-refractivity contribution in [3.8, 4) is 0 Å². The molecule has 8 heteroatoms. The summed E-state index contributed by atoms with van der Waals surface area (Å²) < 4.78 is 1.99. The molecular weight excluding hydrogens is 382 g/mol. The van der Waals surface area contributed by atoms with E-state index in [9.17, 15) is 4.79 Å². The molecule has 1 unspecified atom stereocenters. The summed E-state index contributed by atoms with van der Waals surface area (Å²) in [5, 5.41) is 12.2. The van der Waals surface area contributed by atoms with Crippen molar-refractivity contribution in [2.45, 2.75) is 12.3 Å². The lowest BCUT2D eigenvalue weighted by atomic mass is 10.1. The molecule has 1 fully saturated rings. The number of nitrogens with zero attached hydrogens (tertiary/aromatic N) is 4. The van der Waals surface area contributed by atoms with Crippen LogP contribution in [0.4, 0.5) is 5.69 Å². The van der Waals surface area contributed by atoms with Gasteiger partial charge in [0.2, 0.25) is 10.7 Å². The Balaban J connectivity index is 1.59. The highest BCUT2D eigenvalue weighted by Crippen LogP contribution is 2.31. The molecule has 1 amide bonds. The minimum absolute atomic E-state index is 0.0369. The fraction of sp³-hybridized carbons (Fsp3) is 0.158. The zero-order chi connectivity index (χ0) is 18.8. The molecule has 1 saturated heterocycles. The quantitative estimate of drug-likeness (QED) is 0.534. The van der Waals surface area contributed by atoms with E-state index in [-0.39, 0.29) is 11.8 Å². The van der Waals surface area contributed by atoms with Gasteiger partial charge >= 0.3 is 0 Å². The molecule has 4 rings (SSSR count). The maximum absolute atomic E-state index is 12.5. The number of hydrogen-bond acceptors (Lipinski definition) is 4. The molecule has 27 heavy (non-hydrogen) atoms. The summed E-state index contributed by atoms with van der Waals surface area (Å²) >= 11 is 11.2. The Morgan fingerprint density at radius 1 is 1.19 bits per heavy atom. The van der Waals surface area contributed by atoms with Gasteiger partial charge in [-0.25, -0.2) is 0 Å². The summed E-state index contributed by atoms with van der Waals surface area (Å²) in [6.07, 6.45) is 2.08. The van der Waals surface area contributed by atoms with Crippen LogP contribution in [0.1, 0.15) is 23.7 Å². The van der Waals surface area contributed by atoms with E-state index in [1.165, 1.54) is 0 Å². The molecule has 0 spiro atoms. The summed E-state index contributed by atoms with van der Waals surface area (Å²) in [6, 6.07) is 17.0. The van der Waals surface area contributed by atoms with Crippen LogP contribution in [0, 0.1) is 4.77 Å². The first-order chi connectivity index (χ1) is 13.1. The number of aromatic amines is 1. The highest BCUT2D eigenvalue weighted by atomic mass is 35.5. The lowest BCUT2D eigenvalue weighted by molar-refractivity contribution is -0.117. The zero-order valence-corrected chi connectivity index (χ0v) is 15.8.